The van der Waals surface area contributed by atoms with E-state index in [1.54, 1.807) is 12.1 Å². The summed E-state index contributed by atoms with van der Waals surface area (Å²) in [6.07, 6.45) is 2.90. The Morgan fingerprint density at radius 3 is 2.75 bits per heavy atom. The lowest BCUT2D eigenvalue weighted by molar-refractivity contribution is -0.384. The Labute approximate surface area is 163 Å². The number of nitro benzene ring substituents is 1. The second kappa shape index (κ2) is 7.98. The van der Waals surface area contributed by atoms with Gasteiger partial charge in [-0.2, -0.15) is 0 Å². The van der Waals surface area contributed by atoms with E-state index in [0.717, 1.165) is 24.8 Å². The van der Waals surface area contributed by atoms with E-state index < -0.39 is 4.92 Å². The number of nitro groups is 1. The summed E-state index contributed by atoms with van der Waals surface area (Å²) < 4.78 is 5.32. The van der Waals surface area contributed by atoms with Crippen LogP contribution in [0.1, 0.15) is 40.4 Å². The zero-order valence-corrected chi connectivity index (χ0v) is 15.6. The van der Waals surface area contributed by atoms with Crippen LogP contribution in [-0.2, 0) is 11.2 Å². The molecule has 2 aromatic rings. The molecular formula is C21H23N3O4. The highest BCUT2D eigenvalue weighted by atomic mass is 16.6. The molecule has 1 aliphatic carbocycles. The zero-order valence-electron chi connectivity index (χ0n) is 15.6. The number of nitrogens with zero attached hydrogens (tertiary/aromatic N) is 2. The van der Waals surface area contributed by atoms with Crippen LogP contribution in [-0.4, -0.2) is 37.1 Å². The van der Waals surface area contributed by atoms with Crippen LogP contribution >= 0.6 is 0 Å². The van der Waals surface area contributed by atoms with E-state index in [1.807, 2.05) is 23.1 Å². The molecule has 0 aromatic heterocycles. The van der Waals surface area contributed by atoms with Crippen molar-refractivity contribution in [3.8, 4) is 0 Å². The molecule has 146 valence electrons. The van der Waals surface area contributed by atoms with Crippen molar-refractivity contribution in [2.45, 2.75) is 25.3 Å². The lowest BCUT2D eigenvalue weighted by Crippen LogP contribution is -2.36. The predicted molar refractivity (Wildman–Crippen MR) is 106 cm³/mol. The summed E-state index contributed by atoms with van der Waals surface area (Å²) in [6.45, 7) is 2.29. The van der Waals surface area contributed by atoms with Crippen molar-refractivity contribution in [3.05, 3.63) is 69.3 Å². The number of nitrogens with one attached hydrogen (secondary N) is 1. The molecule has 1 saturated heterocycles. The summed E-state index contributed by atoms with van der Waals surface area (Å²) >= 11 is 0. The molecule has 0 radical (unpaired) electrons. The second-order valence-corrected chi connectivity index (χ2v) is 7.18. The van der Waals surface area contributed by atoms with Crippen LogP contribution in [0.4, 0.5) is 11.4 Å². The van der Waals surface area contributed by atoms with E-state index in [-0.39, 0.29) is 17.6 Å². The molecule has 1 aliphatic heterocycles. The summed E-state index contributed by atoms with van der Waals surface area (Å²) in [5.41, 5.74) is 3.20. The first-order valence-corrected chi connectivity index (χ1v) is 9.63. The third-order valence-corrected chi connectivity index (χ3v) is 5.46. The Morgan fingerprint density at radius 1 is 1.18 bits per heavy atom. The molecule has 1 atom stereocenters. The van der Waals surface area contributed by atoms with Crippen LogP contribution in [0.2, 0.25) is 0 Å². The van der Waals surface area contributed by atoms with Gasteiger partial charge >= 0.3 is 0 Å². The number of carbonyl (C=O) groups excluding carboxylic acids is 1. The maximum Gasteiger partial charge on any atom is 0.293 e. The molecule has 0 saturated carbocycles. The fourth-order valence-electron chi connectivity index (χ4n) is 4.03. The first-order chi connectivity index (χ1) is 13.6. The van der Waals surface area contributed by atoms with Gasteiger partial charge in [-0.05, 0) is 42.5 Å². The molecular weight excluding hydrogens is 358 g/mol. The maximum atomic E-state index is 12.8. The number of amides is 1. The van der Waals surface area contributed by atoms with Crippen LogP contribution in [0.25, 0.3) is 0 Å². The van der Waals surface area contributed by atoms with Crippen LogP contribution < -0.4 is 10.2 Å². The molecule has 1 fully saturated rings. The monoisotopic (exact) mass is 381 g/mol. The summed E-state index contributed by atoms with van der Waals surface area (Å²) in [5, 5.41) is 14.7. The normalized spacial score (nSPS) is 19.0. The number of fused-ring (bicyclic) bond motifs is 1. The van der Waals surface area contributed by atoms with Crippen molar-refractivity contribution in [2.24, 2.45) is 0 Å². The van der Waals surface area contributed by atoms with Gasteiger partial charge in [-0.3, -0.25) is 14.9 Å². The van der Waals surface area contributed by atoms with E-state index >= 15 is 0 Å². The Kier molecular flexibility index (Phi) is 5.25. The van der Waals surface area contributed by atoms with Crippen LogP contribution in [0, 0.1) is 10.1 Å². The van der Waals surface area contributed by atoms with Crippen LogP contribution in [0.3, 0.4) is 0 Å². The average molecular weight is 381 g/mol. The molecule has 2 aliphatic rings. The summed E-state index contributed by atoms with van der Waals surface area (Å²) in [4.78, 5) is 25.9. The molecule has 28 heavy (non-hydrogen) atoms. The van der Waals surface area contributed by atoms with Crippen molar-refractivity contribution in [1.29, 1.82) is 0 Å². The first-order valence-electron chi connectivity index (χ1n) is 9.63. The number of aryl methyl sites for hydroxylation is 1. The fraction of sp³-hybridized carbons (Fsp3) is 0.381. The van der Waals surface area contributed by atoms with Gasteiger partial charge in [0.05, 0.1) is 24.2 Å². The van der Waals surface area contributed by atoms with Gasteiger partial charge in [-0.1, -0.05) is 24.3 Å². The number of anilines is 1. The van der Waals surface area contributed by atoms with Crippen molar-refractivity contribution in [1.82, 2.24) is 5.32 Å². The number of hydrogen-bond donors (Lipinski definition) is 1. The van der Waals surface area contributed by atoms with Crippen molar-refractivity contribution >= 4 is 17.3 Å². The van der Waals surface area contributed by atoms with E-state index in [2.05, 4.69) is 11.4 Å². The SMILES string of the molecule is O=C(NC1CCCc2ccccc21)c1ccc(N2CCOCC2)c([N+](=O)[O-])c1. The molecule has 2 aromatic carbocycles. The van der Waals surface area contributed by atoms with Gasteiger partial charge in [0, 0.05) is 24.7 Å². The minimum absolute atomic E-state index is 0.0430. The predicted octanol–water partition coefficient (Wildman–Crippen LogP) is 3.24. The van der Waals surface area contributed by atoms with E-state index in [9.17, 15) is 14.9 Å². The minimum Gasteiger partial charge on any atom is -0.378 e. The molecule has 0 spiro atoms. The number of ether oxygens (including phenoxy) is 1. The largest absolute Gasteiger partial charge is 0.378 e. The van der Waals surface area contributed by atoms with Crippen molar-refractivity contribution in [2.75, 3.05) is 31.2 Å². The van der Waals surface area contributed by atoms with Crippen LogP contribution in [0.5, 0.6) is 0 Å². The van der Waals surface area contributed by atoms with Gasteiger partial charge < -0.3 is 15.0 Å². The van der Waals surface area contributed by atoms with Gasteiger partial charge in [0.2, 0.25) is 0 Å². The molecule has 4 rings (SSSR count). The molecule has 1 N–H and O–H groups in total. The highest BCUT2D eigenvalue weighted by molar-refractivity contribution is 5.96. The Bertz CT molecular complexity index is 893. The molecule has 1 heterocycles. The van der Waals surface area contributed by atoms with Crippen molar-refractivity contribution in [3.63, 3.8) is 0 Å². The lowest BCUT2D eigenvalue weighted by atomic mass is 9.87. The second-order valence-electron chi connectivity index (χ2n) is 7.18. The summed E-state index contributed by atoms with van der Waals surface area (Å²) in [6, 6.07) is 12.8. The standard InChI is InChI=1S/C21H23N3O4/c25-21(22-18-7-3-5-15-4-1-2-6-17(15)18)16-8-9-19(20(14-16)24(26)27)23-10-12-28-13-11-23/h1-2,4,6,8-9,14,18H,3,5,7,10-13H2,(H,22,25). The van der Waals surface area contributed by atoms with E-state index in [1.165, 1.54) is 11.6 Å². The van der Waals surface area contributed by atoms with Gasteiger partial charge in [0.15, 0.2) is 0 Å². The summed E-state index contributed by atoms with van der Waals surface area (Å²) in [5.74, 6) is -0.279. The average Bonchev–Trinajstić information content (AvgIpc) is 2.74. The number of benzene rings is 2. The molecule has 7 nitrogen and oxygen atoms in total. The maximum absolute atomic E-state index is 12.8. The lowest BCUT2D eigenvalue weighted by Gasteiger charge is -2.28. The highest BCUT2D eigenvalue weighted by Gasteiger charge is 2.25. The number of hydrogen-bond acceptors (Lipinski definition) is 5. The highest BCUT2D eigenvalue weighted by Crippen LogP contribution is 2.32. The van der Waals surface area contributed by atoms with Crippen LogP contribution in [0.15, 0.2) is 42.5 Å². The Hall–Kier alpha value is -2.93. The van der Waals surface area contributed by atoms with Gasteiger partial charge in [0.25, 0.3) is 11.6 Å². The number of carbonyl (C=O) groups is 1. The molecule has 0 bridgehead atoms. The third-order valence-electron chi connectivity index (χ3n) is 5.46. The zero-order chi connectivity index (χ0) is 19.5. The summed E-state index contributed by atoms with van der Waals surface area (Å²) in [7, 11) is 0. The first kappa shape index (κ1) is 18.4. The topological polar surface area (TPSA) is 84.7 Å². The third kappa shape index (κ3) is 3.71. The van der Waals surface area contributed by atoms with Gasteiger partial charge in [0.1, 0.15) is 5.69 Å². The quantitative estimate of drug-likeness (QED) is 0.649. The number of morpholine rings is 1. The minimum atomic E-state index is -0.419. The Morgan fingerprint density at radius 2 is 1.96 bits per heavy atom. The molecule has 1 amide bonds. The smallest absolute Gasteiger partial charge is 0.293 e. The Balaban J connectivity index is 1.56. The molecule has 7 heteroatoms. The fourth-order valence-corrected chi connectivity index (χ4v) is 4.03. The van der Waals surface area contributed by atoms with E-state index in [4.69, 9.17) is 4.74 Å². The number of rotatable bonds is 4. The molecule has 1 unspecified atom stereocenters. The van der Waals surface area contributed by atoms with Crippen molar-refractivity contribution < 1.29 is 14.5 Å². The van der Waals surface area contributed by atoms with Gasteiger partial charge in [-0.25, -0.2) is 0 Å². The van der Waals surface area contributed by atoms with E-state index in [0.29, 0.717) is 37.6 Å². The van der Waals surface area contributed by atoms with Gasteiger partial charge in [-0.15, -0.1) is 0 Å².